The highest BCUT2D eigenvalue weighted by molar-refractivity contribution is 5.69. The van der Waals surface area contributed by atoms with Gasteiger partial charge in [-0.15, -0.1) is 0 Å². The highest BCUT2D eigenvalue weighted by atomic mass is 19.1. The molecule has 1 nitrogen and oxygen atoms in total. The van der Waals surface area contributed by atoms with Crippen LogP contribution < -0.4 is 5.32 Å². The van der Waals surface area contributed by atoms with Crippen LogP contribution in [0.5, 0.6) is 0 Å². The van der Waals surface area contributed by atoms with Gasteiger partial charge in [-0.2, -0.15) is 0 Å². The molecule has 0 unspecified atom stereocenters. The van der Waals surface area contributed by atoms with Gasteiger partial charge in [0.1, 0.15) is 5.82 Å². The van der Waals surface area contributed by atoms with E-state index < -0.39 is 0 Å². The van der Waals surface area contributed by atoms with Crippen LogP contribution in [0.15, 0.2) is 36.4 Å². The molecule has 2 aromatic rings. The molecule has 0 spiro atoms. The molecule has 0 heterocycles. The number of aryl methyl sites for hydroxylation is 1. The van der Waals surface area contributed by atoms with Crippen molar-refractivity contribution in [1.82, 2.24) is 5.32 Å². The Kier molecular flexibility index (Phi) is 3.58. The summed E-state index contributed by atoms with van der Waals surface area (Å²) in [6, 6.07) is 12.3. The molecule has 1 fully saturated rings. The molecule has 2 aromatic carbocycles. The SMILES string of the molecule is Cc1cccc(-c2ccc(F)c(CNC3CC3)c2)c1C. The molecule has 0 amide bonds. The smallest absolute Gasteiger partial charge is 0.127 e. The van der Waals surface area contributed by atoms with Crippen molar-refractivity contribution in [2.45, 2.75) is 39.3 Å². The summed E-state index contributed by atoms with van der Waals surface area (Å²) < 4.78 is 13.9. The minimum Gasteiger partial charge on any atom is -0.310 e. The third-order valence-corrected chi connectivity index (χ3v) is 4.12. The second-order valence-corrected chi connectivity index (χ2v) is 5.71. The summed E-state index contributed by atoms with van der Waals surface area (Å²) in [6.45, 7) is 4.85. The fourth-order valence-electron chi connectivity index (χ4n) is 2.48. The first-order valence-corrected chi connectivity index (χ1v) is 7.23. The van der Waals surface area contributed by atoms with Crippen LogP contribution in [0.3, 0.4) is 0 Å². The molecule has 20 heavy (non-hydrogen) atoms. The second-order valence-electron chi connectivity index (χ2n) is 5.71. The molecular weight excluding hydrogens is 249 g/mol. The third-order valence-electron chi connectivity index (χ3n) is 4.12. The summed E-state index contributed by atoms with van der Waals surface area (Å²) >= 11 is 0. The van der Waals surface area contributed by atoms with Crippen molar-refractivity contribution >= 4 is 0 Å². The summed E-state index contributed by atoms with van der Waals surface area (Å²) in [4.78, 5) is 0. The molecule has 2 heteroatoms. The lowest BCUT2D eigenvalue weighted by molar-refractivity contribution is 0.587. The second kappa shape index (κ2) is 5.37. The van der Waals surface area contributed by atoms with E-state index in [0.717, 1.165) is 11.1 Å². The van der Waals surface area contributed by atoms with Gasteiger partial charge in [0, 0.05) is 18.2 Å². The Balaban J connectivity index is 1.92. The fraction of sp³-hybridized carbons (Fsp3) is 0.333. The van der Waals surface area contributed by atoms with E-state index in [0.29, 0.717) is 12.6 Å². The summed E-state index contributed by atoms with van der Waals surface area (Å²) in [5.41, 5.74) is 5.58. The number of hydrogen-bond acceptors (Lipinski definition) is 1. The standard InChI is InChI=1S/C18H20FN/c1-12-4-3-5-17(13(12)2)14-6-9-18(19)15(10-14)11-20-16-7-8-16/h3-6,9-10,16,20H,7-8,11H2,1-2H3. The lowest BCUT2D eigenvalue weighted by Crippen LogP contribution is -2.16. The zero-order chi connectivity index (χ0) is 14.1. The lowest BCUT2D eigenvalue weighted by Gasteiger charge is -2.11. The van der Waals surface area contributed by atoms with Crippen molar-refractivity contribution in [1.29, 1.82) is 0 Å². The van der Waals surface area contributed by atoms with Crippen LogP contribution in [0, 0.1) is 19.7 Å². The maximum absolute atomic E-state index is 13.9. The van der Waals surface area contributed by atoms with Crippen LogP contribution in [0.2, 0.25) is 0 Å². The Hall–Kier alpha value is -1.67. The average molecular weight is 269 g/mol. The Morgan fingerprint density at radius 2 is 1.95 bits per heavy atom. The summed E-state index contributed by atoms with van der Waals surface area (Å²) in [5.74, 6) is -0.118. The first kappa shape index (κ1) is 13.3. The monoisotopic (exact) mass is 269 g/mol. The molecule has 0 aromatic heterocycles. The van der Waals surface area contributed by atoms with Crippen LogP contribution in [0.25, 0.3) is 11.1 Å². The summed E-state index contributed by atoms with van der Waals surface area (Å²) in [7, 11) is 0. The Bertz CT molecular complexity index is 629. The molecule has 3 rings (SSSR count). The molecule has 1 saturated carbocycles. The van der Waals surface area contributed by atoms with Gasteiger partial charge >= 0.3 is 0 Å². The zero-order valence-corrected chi connectivity index (χ0v) is 12.0. The minimum atomic E-state index is -0.118. The van der Waals surface area contributed by atoms with Crippen LogP contribution in [0.1, 0.15) is 29.5 Å². The molecule has 0 atom stereocenters. The molecule has 0 bridgehead atoms. The van der Waals surface area contributed by atoms with Gasteiger partial charge in [-0.1, -0.05) is 24.3 Å². The van der Waals surface area contributed by atoms with Gasteiger partial charge in [0.2, 0.25) is 0 Å². The molecule has 0 saturated heterocycles. The van der Waals surface area contributed by atoms with Crippen LogP contribution in [0.4, 0.5) is 4.39 Å². The first-order chi connectivity index (χ1) is 9.65. The Morgan fingerprint density at radius 3 is 2.70 bits per heavy atom. The predicted molar refractivity (Wildman–Crippen MR) is 81.2 cm³/mol. The van der Waals surface area contributed by atoms with Gasteiger partial charge < -0.3 is 5.32 Å². The average Bonchev–Trinajstić information content (AvgIpc) is 3.25. The fourth-order valence-corrected chi connectivity index (χ4v) is 2.48. The van der Waals surface area contributed by atoms with Crippen LogP contribution in [-0.4, -0.2) is 6.04 Å². The van der Waals surface area contributed by atoms with Gasteiger partial charge in [0.05, 0.1) is 0 Å². The number of hydrogen-bond donors (Lipinski definition) is 1. The van der Waals surface area contributed by atoms with Gasteiger partial charge in [0.15, 0.2) is 0 Å². The van der Waals surface area contributed by atoms with Gasteiger partial charge in [-0.3, -0.25) is 0 Å². The van der Waals surface area contributed by atoms with Crippen molar-refractivity contribution < 1.29 is 4.39 Å². The third kappa shape index (κ3) is 2.75. The van der Waals surface area contributed by atoms with E-state index in [4.69, 9.17) is 0 Å². The van der Waals surface area contributed by atoms with Crippen molar-refractivity contribution in [3.63, 3.8) is 0 Å². The quantitative estimate of drug-likeness (QED) is 0.869. The summed E-state index contributed by atoms with van der Waals surface area (Å²) in [5, 5.41) is 3.38. The largest absolute Gasteiger partial charge is 0.310 e. The van der Waals surface area contributed by atoms with Crippen LogP contribution in [-0.2, 0) is 6.54 Å². The molecule has 1 aliphatic rings. The zero-order valence-electron chi connectivity index (χ0n) is 12.0. The van der Waals surface area contributed by atoms with Gasteiger partial charge in [0.25, 0.3) is 0 Å². The molecule has 104 valence electrons. The molecule has 1 N–H and O–H groups in total. The van der Waals surface area contributed by atoms with E-state index in [1.54, 1.807) is 6.07 Å². The van der Waals surface area contributed by atoms with Crippen molar-refractivity contribution in [3.05, 3.63) is 58.9 Å². The molecule has 0 aliphatic heterocycles. The van der Waals surface area contributed by atoms with E-state index in [-0.39, 0.29) is 5.82 Å². The number of halogens is 1. The Morgan fingerprint density at radius 1 is 1.15 bits per heavy atom. The molecule has 0 radical (unpaired) electrons. The van der Waals surface area contributed by atoms with E-state index in [1.165, 1.54) is 29.5 Å². The van der Waals surface area contributed by atoms with Crippen LogP contribution >= 0.6 is 0 Å². The highest BCUT2D eigenvalue weighted by Gasteiger charge is 2.20. The van der Waals surface area contributed by atoms with E-state index >= 15 is 0 Å². The van der Waals surface area contributed by atoms with E-state index in [1.807, 2.05) is 12.1 Å². The normalized spacial score (nSPS) is 14.6. The van der Waals surface area contributed by atoms with Gasteiger partial charge in [-0.25, -0.2) is 4.39 Å². The van der Waals surface area contributed by atoms with Crippen molar-refractivity contribution in [2.24, 2.45) is 0 Å². The Labute approximate surface area is 119 Å². The summed E-state index contributed by atoms with van der Waals surface area (Å²) in [6.07, 6.45) is 2.44. The predicted octanol–water partition coefficient (Wildman–Crippen LogP) is 4.36. The first-order valence-electron chi connectivity index (χ1n) is 7.23. The topological polar surface area (TPSA) is 12.0 Å². The maximum atomic E-state index is 13.9. The highest BCUT2D eigenvalue weighted by Crippen LogP contribution is 2.27. The number of rotatable bonds is 4. The molecule has 1 aliphatic carbocycles. The van der Waals surface area contributed by atoms with Crippen molar-refractivity contribution in [3.8, 4) is 11.1 Å². The van der Waals surface area contributed by atoms with E-state index in [9.17, 15) is 4.39 Å². The van der Waals surface area contributed by atoms with E-state index in [2.05, 4.69) is 37.4 Å². The lowest BCUT2D eigenvalue weighted by atomic mass is 9.96. The molecular formula is C18H20FN. The number of nitrogens with one attached hydrogen (secondary N) is 1. The number of benzene rings is 2. The van der Waals surface area contributed by atoms with Gasteiger partial charge in [-0.05, 0) is 61.1 Å². The minimum absolute atomic E-state index is 0.118. The maximum Gasteiger partial charge on any atom is 0.127 e. The van der Waals surface area contributed by atoms with Crippen molar-refractivity contribution in [2.75, 3.05) is 0 Å².